The standard InChI is InChI=1S/C18H20N4O2S/c1-24-16-5-3-2-4-15(16)21-8-6-20(7-9-21)13-14-12-17(23)22-10-11-25-18(22)19-14/h2-5,10-12H,6-9,13H2,1H3/p+1. The molecular formula is C18H21N4O2S+. The average molecular weight is 357 g/mol. The first-order valence-electron chi connectivity index (χ1n) is 8.42. The molecule has 6 nitrogen and oxygen atoms in total. The van der Waals surface area contributed by atoms with Crippen LogP contribution in [-0.2, 0) is 6.54 Å². The number of nitrogens with zero attached hydrogens (tertiary/aromatic N) is 3. The highest BCUT2D eigenvalue weighted by molar-refractivity contribution is 7.15. The van der Waals surface area contributed by atoms with Gasteiger partial charge in [-0.25, -0.2) is 4.98 Å². The molecule has 25 heavy (non-hydrogen) atoms. The summed E-state index contributed by atoms with van der Waals surface area (Å²) in [7, 11) is 1.71. The quantitative estimate of drug-likeness (QED) is 0.746. The van der Waals surface area contributed by atoms with Crippen molar-refractivity contribution < 1.29 is 9.64 Å². The highest BCUT2D eigenvalue weighted by Crippen LogP contribution is 2.27. The van der Waals surface area contributed by atoms with Crippen LogP contribution in [0.15, 0.2) is 46.7 Å². The lowest BCUT2D eigenvalue weighted by molar-refractivity contribution is -0.914. The van der Waals surface area contributed by atoms with Gasteiger partial charge in [-0.1, -0.05) is 12.1 Å². The maximum absolute atomic E-state index is 12.1. The zero-order valence-corrected chi connectivity index (χ0v) is 15.0. The van der Waals surface area contributed by atoms with E-state index >= 15 is 0 Å². The maximum Gasteiger partial charge on any atom is 0.258 e. The summed E-state index contributed by atoms with van der Waals surface area (Å²) < 4.78 is 7.07. The molecule has 1 saturated heterocycles. The van der Waals surface area contributed by atoms with Crippen molar-refractivity contribution in [3.05, 3.63) is 58.0 Å². The van der Waals surface area contributed by atoms with Crippen molar-refractivity contribution in [3.63, 3.8) is 0 Å². The number of quaternary nitrogens is 1. The van der Waals surface area contributed by atoms with E-state index in [1.165, 1.54) is 16.2 Å². The topological polar surface area (TPSA) is 51.3 Å². The van der Waals surface area contributed by atoms with E-state index in [0.717, 1.165) is 54.8 Å². The first kappa shape index (κ1) is 16.1. The molecule has 7 heteroatoms. The van der Waals surface area contributed by atoms with Crippen LogP contribution < -0.4 is 20.1 Å². The molecule has 2 aromatic heterocycles. The van der Waals surface area contributed by atoms with E-state index in [9.17, 15) is 4.79 Å². The highest BCUT2D eigenvalue weighted by atomic mass is 32.1. The van der Waals surface area contributed by atoms with E-state index in [2.05, 4.69) is 16.0 Å². The molecule has 0 unspecified atom stereocenters. The molecule has 0 atom stereocenters. The number of ether oxygens (including phenoxy) is 1. The monoisotopic (exact) mass is 357 g/mol. The van der Waals surface area contributed by atoms with Gasteiger partial charge >= 0.3 is 0 Å². The van der Waals surface area contributed by atoms with Crippen molar-refractivity contribution >= 4 is 22.0 Å². The molecule has 1 aliphatic rings. The maximum atomic E-state index is 12.1. The largest absolute Gasteiger partial charge is 0.495 e. The Kier molecular flexibility index (Phi) is 4.42. The first-order valence-corrected chi connectivity index (χ1v) is 9.30. The van der Waals surface area contributed by atoms with Crippen molar-refractivity contribution in [3.8, 4) is 5.75 Å². The van der Waals surface area contributed by atoms with E-state index in [0.29, 0.717) is 0 Å². The summed E-state index contributed by atoms with van der Waals surface area (Å²) in [6.45, 7) is 4.77. The summed E-state index contributed by atoms with van der Waals surface area (Å²) in [5.41, 5.74) is 2.04. The number of hydrogen-bond acceptors (Lipinski definition) is 5. The summed E-state index contributed by atoms with van der Waals surface area (Å²) >= 11 is 1.50. The van der Waals surface area contributed by atoms with Crippen molar-refractivity contribution in [2.24, 2.45) is 0 Å². The molecule has 0 radical (unpaired) electrons. The van der Waals surface area contributed by atoms with Crippen LogP contribution in [0.4, 0.5) is 5.69 Å². The van der Waals surface area contributed by atoms with E-state index in [-0.39, 0.29) is 5.56 Å². The Balaban J connectivity index is 1.44. The number of aromatic nitrogens is 2. The summed E-state index contributed by atoms with van der Waals surface area (Å²) in [5, 5.41) is 1.90. The first-order chi connectivity index (χ1) is 12.2. The third-order valence-electron chi connectivity index (χ3n) is 4.68. The number of nitrogens with one attached hydrogen (secondary N) is 1. The highest BCUT2D eigenvalue weighted by Gasteiger charge is 2.22. The second-order valence-corrected chi connectivity index (χ2v) is 7.10. The SMILES string of the molecule is COc1ccccc1N1CC[NH+](Cc2cc(=O)n3ccsc3n2)CC1. The van der Waals surface area contributed by atoms with Gasteiger partial charge in [0.1, 0.15) is 18.0 Å². The summed E-state index contributed by atoms with van der Waals surface area (Å²) in [5.74, 6) is 0.920. The second kappa shape index (κ2) is 6.85. The van der Waals surface area contributed by atoms with Crippen LogP contribution in [0.25, 0.3) is 4.96 Å². The van der Waals surface area contributed by atoms with E-state index < -0.39 is 0 Å². The van der Waals surface area contributed by atoms with Crippen molar-refractivity contribution in [1.82, 2.24) is 9.38 Å². The Morgan fingerprint density at radius 3 is 2.88 bits per heavy atom. The molecule has 1 aliphatic heterocycles. The van der Waals surface area contributed by atoms with Crippen LogP contribution in [-0.4, -0.2) is 42.7 Å². The molecule has 0 spiro atoms. The summed E-state index contributed by atoms with van der Waals surface area (Å²) in [6.07, 6.45) is 1.78. The van der Waals surface area contributed by atoms with Crippen LogP contribution in [0.2, 0.25) is 0 Å². The Morgan fingerprint density at radius 2 is 2.08 bits per heavy atom. The number of methoxy groups -OCH3 is 1. The fraction of sp³-hybridized carbons (Fsp3) is 0.333. The van der Waals surface area contributed by atoms with Gasteiger partial charge in [0.2, 0.25) is 0 Å². The van der Waals surface area contributed by atoms with Crippen LogP contribution in [0.1, 0.15) is 5.69 Å². The normalized spacial score (nSPS) is 15.6. The summed E-state index contributed by atoms with van der Waals surface area (Å²) in [4.78, 5) is 21.3. The molecule has 0 bridgehead atoms. The third-order valence-corrected chi connectivity index (χ3v) is 5.44. The molecule has 3 aromatic rings. The fourth-order valence-electron chi connectivity index (χ4n) is 3.37. The van der Waals surface area contributed by atoms with Gasteiger partial charge in [0.15, 0.2) is 4.96 Å². The molecule has 0 aliphatic carbocycles. The lowest BCUT2D eigenvalue weighted by Gasteiger charge is -2.34. The predicted molar refractivity (Wildman–Crippen MR) is 98.9 cm³/mol. The van der Waals surface area contributed by atoms with Crippen molar-refractivity contribution in [2.75, 3.05) is 38.2 Å². The van der Waals surface area contributed by atoms with Gasteiger partial charge < -0.3 is 14.5 Å². The number of para-hydroxylation sites is 2. The second-order valence-electron chi connectivity index (χ2n) is 6.23. The molecule has 0 amide bonds. The van der Waals surface area contributed by atoms with Gasteiger partial charge in [0.25, 0.3) is 5.56 Å². The average Bonchev–Trinajstić information content (AvgIpc) is 3.11. The van der Waals surface area contributed by atoms with Gasteiger partial charge in [0, 0.05) is 17.6 Å². The number of thiazole rings is 1. The molecule has 0 saturated carbocycles. The van der Waals surface area contributed by atoms with Gasteiger partial charge in [-0.2, -0.15) is 0 Å². The fourth-order valence-corrected chi connectivity index (χ4v) is 4.10. The molecule has 1 N–H and O–H groups in total. The van der Waals surface area contributed by atoms with E-state index in [1.807, 2.05) is 23.6 Å². The molecule has 4 rings (SSSR count). The number of benzene rings is 1. The Hall–Kier alpha value is -2.38. The number of anilines is 1. The minimum Gasteiger partial charge on any atom is -0.495 e. The Labute approximate surface area is 149 Å². The zero-order chi connectivity index (χ0) is 17.2. The van der Waals surface area contributed by atoms with Gasteiger partial charge in [-0.3, -0.25) is 9.20 Å². The Bertz CT molecular complexity index is 928. The van der Waals surface area contributed by atoms with Crippen LogP contribution in [0.5, 0.6) is 5.75 Å². The smallest absolute Gasteiger partial charge is 0.258 e. The molecular weight excluding hydrogens is 336 g/mol. The van der Waals surface area contributed by atoms with Crippen LogP contribution >= 0.6 is 11.3 Å². The van der Waals surface area contributed by atoms with E-state index in [1.54, 1.807) is 23.8 Å². The number of piperazine rings is 1. The van der Waals surface area contributed by atoms with Gasteiger partial charge in [0.05, 0.1) is 39.0 Å². The van der Waals surface area contributed by atoms with Crippen LogP contribution in [0, 0.1) is 0 Å². The summed E-state index contributed by atoms with van der Waals surface area (Å²) in [6, 6.07) is 9.82. The van der Waals surface area contributed by atoms with Gasteiger partial charge in [-0.05, 0) is 12.1 Å². The lowest BCUT2D eigenvalue weighted by Crippen LogP contribution is -3.13. The lowest BCUT2D eigenvalue weighted by atomic mass is 10.2. The van der Waals surface area contributed by atoms with Gasteiger partial charge in [-0.15, -0.1) is 11.3 Å². The molecule has 3 heterocycles. The van der Waals surface area contributed by atoms with E-state index in [4.69, 9.17) is 4.74 Å². The molecule has 1 aromatic carbocycles. The number of hydrogen-bond donors (Lipinski definition) is 1. The minimum atomic E-state index is 0.00769. The van der Waals surface area contributed by atoms with Crippen molar-refractivity contribution in [2.45, 2.75) is 6.54 Å². The number of rotatable bonds is 4. The third kappa shape index (κ3) is 3.25. The Morgan fingerprint density at radius 1 is 1.28 bits per heavy atom. The van der Waals surface area contributed by atoms with Crippen molar-refractivity contribution in [1.29, 1.82) is 0 Å². The molecule has 130 valence electrons. The zero-order valence-electron chi connectivity index (χ0n) is 14.1. The molecule has 1 fully saturated rings. The predicted octanol–water partition coefficient (Wildman–Crippen LogP) is 0.670. The number of fused-ring (bicyclic) bond motifs is 1. The van der Waals surface area contributed by atoms with Crippen LogP contribution in [0.3, 0.4) is 0 Å². The minimum absolute atomic E-state index is 0.00769.